The van der Waals surface area contributed by atoms with Gasteiger partial charge in [0.05, 0.1) is 23.5 Å². The van der Waals surface area contributed by atoms with Crippen molar-refractivity contribution in [3.63, 3.8) is 0 Å². The summed E-state index contributed by atoms with van der Waals surface area (Å²) in [7, 11) is 0. The van der Waals surface area contributed by atoms with Crippen LogP contribution in [0.3, 0.4) is 0 Å². The molecular formula is C18H26ClN5O2. The van der Waals surface area contributed by atoms with E-state index in [1.807, 2.05) is 0 Å². The topological polar surface area (TPSA) is 79.4 Å². The largest absolute Gasteiger partial charge is 0.376 e. The highest BCUT2D eigenvalue weighted by molar-refractivity contribution is 6.30. The molecule has 0 bridgehead atoms. The number of nitrogens with one attached hydrogen (secondary N) is 2. The van der Waals surface area contributed by atoms with E-state index in [4.69, 9.17) is 16.3 Å². The van der Waals surface area contributed by atoms with Crippen LogP contribution in [0, 0.1) is 0 Å². The van der Waals surface area contributed by atoms with Crippen LogP contribution in [0.4, 0.5) is 5.95 Å². The second-order valence-corrected chi connectivity index (χ2v) is 7.99. The minimum atomic E-state index is -0.416. The van der Waals surface area contributed by atoms with Crippen LogP contribution in [0.15, 0.2) is 12.4 Å². The molecule has 1 aromatic heterocycles. The Morgan fingerprint density at radius 1 is 1.35 bits per heavy atom. The van der Waals surface area contributed by atoms with Crippen molar-refractivity contribution in [1.29, 1.82) is 0 Å². The van der Waals surface area contributed by atoms with Crippen molar-refractivity contribution in [3.05, 3.63) is 17.4 Å². The molecule has 1 amide bonds. The summed E-state index contributed by atoms with van der Waals surface area (Å²) < 4.78 is 5.64. The van der Waals surface area contributed by atoms with Gasteiger partial charge in [-0.3, -0.25) is 9.69 Å². The van der Waals surface area contributed by atoms with Gasteiger partial charge in [0.2, 0.25) is 11.9 Å². The fourth-order valence-corrected chi connectivity index (χ4v) is 4.62. The lowest BCUT2D eigenvalue weighted by Crippen LogP contribution is -2.58. The standard InChI is InChI=1S/C18H26ClN5O2/c19-13-9-21-17(22-10-13)23-14-8-18(5-1-2-6-24(18)12-14)16(25)20-11-15-4-3-7-26-15/h9-10,14-15H,1-8,11-12H2,(H,20,25)(H,21,22,23)/t14-,15-,18-/m0/s1. The molecule has 1 aromatic rings. The zero-order chi connectivity index (χ0) is 18.0. The summed E-state index contributed by atoms with van der Waals surface area (Å²) in [5, 5.41) is 7.06. The normalized spacial score (nSPS) is 31.6. The number of amides is 1. The van der Waals surface area contributed by atoms with Gasteiger partial charge in [-0.15, -0.1) is 0 Å². The molecule has 3 atom stereocenters. The van der Waals surface area contributed by atoms with Crippen LogP contribution in [-0.4, -0.2) is 64.7 Å². The van der Waals surface area contributed by atoms with Gasteiger partial charge in [0.25, 0.3) is 0 Å². The first kappa shape index (κ1) is 17.9. The lowest BCUT2D eigenvalue weighted by molar-refractivity contribution is -0.134. The van der Waals surface area contributed by atoms with Crippen molar-refractivity contribution < 1.29 is 9.53 Å². The van der Waals surface area contributed by atoms with Crippen LogP contribution in [0.1, 0.15) is 38.5 Å². The number of rotatable bonds is 5. The van der Waals surface area contributed by atoms with Gasteiger partial charge in [0.15, 0.2) is 0 Å². The average molecular weight is 380 g/mol. The van der Waals surface area contributed by atoms with E-state index in [0.29, 0.717) is 17.5 Å². The second kappa shape index (κ2) is 7.66. The molecule has 3 saturated heterocycles. The lowest BCUT2D eigenvalue weighted by atomic mass is 9.84. The van der Waals surface area contributed by atoms with E-state index in [1.54, 1.807) is 12.4 Å². The maximum atomic E-state index is 13.1. The van der Waals surface area contributed by atoms with E-state index in [1.165, 1.54) is 0 Å². The third-order valence-electron chi connectivity index (χ3n) is 5.79. The number of halogens is 1. The third kappa shape index (κ3) is 3.66. The summed E-state index contributed by atoms with van der Waals surface area (Å²) >= 11 is 5.86. The fraction of sp³-hybridized carbons (Fsp3) is 0.722. The number of anilines is 1. The Labute approximate surface area is 158 Å². The van der Waals surface area contributed by atoms with Gasteiger partial charge in [0.1, 0.15) is 5.54 Å². The Hall–Kier alpha value is -1.44. The number of carbonyl (C=O) groups excluding carboxylic acids is 1. The van der Waals surface area contributed by atoms with E-state index in [2.05, 4.69) is 25.5 Å². The summed E-state index contributed by atoms with van der Waals surface area (Å²) in [6.07, 6.45) is 9.39. The summed E-state index contributed by atoms with van der Waals surface area (Å²) in [6.45, 7) is 3.23. The van der Waals surface area contributed by atoms with Crippen molar-refractivity contribution in [1.82, 2.24) is 20.2 Å². The molecule has 3 aliphatic rings. The van der Waals surface area contributed by atoms with E-state index in [0.717, 1.165) is 58.2 Å². The Bertz CT molecular complexity index is 637. The SMILES string of the molecule is O=C(NC[C@@H]1CCCO1)[C@@]12CCCCN1C[C@@H](Nc1ncc(Cl)cn1)C2. The van der Waals surface area contributed by atoms with Gasteiger partial charge in [-0.1, -0.05) is 11.6 Å². The first-order valence-electron chi connectivity index (χ1n) is 9.55. The molecule has 0 spiro atoms. The molecule has 4 rings (SSSR count). The number of piperidine rings is 1. The van der Waals surface area contributed by atoms with Crippen LogP contribution in [0.5, 0.6) is 0 Å². The van der Waals surface area contributed by atoms with Crippen LogP contribution in [0.25, 0.3) is 0 Å². The Kier molecular flexibility index (Phi) is 5.29. The maximum Gasteiger partial charge on any atom is 0.240 e. The van der Waals surface area contributed by atoms with Gasteiger partial charge in [-0.25, -0.2) is 9.97 Å². The minimum Gasteiger partial charge on any atom is -0.376 e. The van der Waals surface area contributed by atoms with Crippen molar-refractivity contribution in [2.24, 2.45) is 0 Å². The van der Waals surface area contributed by atoms with Crippen molar-refractivity contribution in [2.75, 3.05) is 31.6 Å². The third-order valence-corrected chi connectivity index (χ3v) is 5.98. The molecule has 2 N–H and O–H groups in total. The predicted molar refractivity (Wildman–Crippen MR) is 99.2 cm³/mol. The Morgan fingerprint density at radius 2 is 2.19 bits per heavy atom. The van der Waals surface area contributed by atoms with Gasteiger partial charge >= 0.3 is 0 Å². The summed E-state index contributed by atoms with van der Waals surface area (Å²) in [6, 6.07) is 0.155. The highest BCUT2D eigenvalue weighted by atomic mass is 35.5. The number of carbonyl (C=O) groups is 1. The van der Waals surface area contributed by atoms with E-state index >= 15 is 0 Å². The lowest BCUT2D eigenvalue weighted by Gasteiger charge is -2.40. The number of ether oxygens (including phenoxy) is 1. The number of hydrogen-bond acceptors (Lipinski definition) is 6. The summed E-state index contributed by atoms with van der Waals surface area (Å²) in [5.74, 6) is 0.711. The molecule has 3 aliphatic heterocycles. The van der Waals surface area contributed by atoms with Gasteiger partial charge in [0, 0.05) is 25.7 Å². The van der Waals surface area contributed by atoms with Gasteiger partial charge in [-0.2, -0.15) is 0 Å². The van der Waals surface area contributed by atoms with Gasteiger partial charge in [-0.05, 0) is 45.1 Å². The van der Waals surface area contributed by atoms with E-state index in [-0.39, 0.29) is 18.1 Å². The van der Waals surface area contributed by atoms with Gasteiger partial charge < -0.3 is 15.4 Å². The molecule has 0 radical (unpaired) electrons. The number of fused-ring (bicyclic) bond motifs is 1. The number of hydrogen-bond donors (Lipinski definition) is 2. The van der Waals surface area contributed by atoms with E-state index in [9.17, 15) is 4.79 Å². The second-order valence-electron chi connectivity index (χ2n) is 7.55. The van der Waals surface area contributed by atoms with Crippen molar-refractivity contribution in [3.8, 4) is 0 Å². The quantitative estimate of drug-likeness (QED) is 0.812. The number of aromatic nitrogens is 2. The zero-order valence-corrected chi connectivity index (χ0v) is 15.7. The molecule has 0 aromatic carbocycles. The predicted octanol–water partition coefficient (Wildman–Crippen LogP) is 1.83. The smallest absolute Gasteiger partial charge is 0.240 e. The molecular weight excluding hydrogens is 354 g/mol. The molecule has 0 unspecified atom stereocenters. The summed E-state index contributed by atoms with van der Waals surface area (Å²) in [5.41, 5.74) is -0.416. The van der Waals surface area contributed by atoms with Crippen LogP contribution in [-0.2, 0) is 9.53 Å². The molecule has 0 aliphatic carbocycles. The number of nitrogens with zero attached hydrogens (tertiary/aromatic N) is 3. The molecule has 0 saturated carbocycles. The molecule has 7 nitrogen and oxygen atoms in total. The monoisotopic (exact) mass is 379 g/mol. The summed E-state index contributed by atoms with van der Waals surface area (Å²) in [4.78, 5) is 23.9. The highest BCUT2D eigenvalue weighted by Crippen LogP contribution is 2.38. The van der Waals surface area contributed by atoms with Crippen LogP contribution in [0.2, 0.25) is 5.02 Å². The van der Waals surface area contributed by atoms with Crippen molar-refractivity contribution in [2.45, 2.75) is 56.2 Å². The zero-order valence-electron chi connectivity index (χ0n) is 14.9. The highest BCUT2D eigenvalue weighted by Gasteiger charge is 2.52. The molecule has 3 fully saturated rings. The fourth-order valence-electron chi connectivity index (χ4n) is 4.52. The molecule has 26 heavy (non-hydrogen) atoms. The first-order chi connectivity index (χ1) is 12.7. The minimum absolute atomic E-state index is 0.147. The Morgan fingerprint density at radius 3 is 2.96 bits per heavy atom. The molecule has 8 heteroatoms. The molecule has 142 valence electrons. The Balaban J connectivity index is 1.42. The van der Waals surface area contributed by atoms with E-state index < -0.39 is 5.54 Å². The average Bonchev–Trinajstić information content (AvgIpc) is 3.29. The van der Waals surface area contributed by atoms with Crippen LogP contribution >= 0.6 is 11.6 Å². The first-order valence-corrected chi connectivity index (χ1v) is 9.92. The maximum absolute atomic E-state index is 13.1. The van der Waals surface area contributed by atoms with Crippen molar-refractivity contribution >= 4 is 23.5 Å². The van der Waals surface area contributed by atoms with Crippen LogP contribution < -0.4 is 10.6 Å². The molecule has 4 heterocycles.